The lowest BCUT2D eigenvalue weighted by Crippen LogP contribution is -2.31. The van der Waals surface area contributed by atoms with E-state index in [1.54, 1.807) is 0 Å². The van der Waals surface area contributed by atoms with Gasteiger partial charge in [-0.2, -0.15) is 0 Å². The van der Waals surface area contributed by atoms with Crippen molar-refractivity contribution in [1.29, 1.82) is 0 Å². The average Bonchev–Trinajstić information content (AvgIpc) is 2.60. The van der Waals surface area contributed by atoms with Crippen molar-refractivity contribution >= 4 is 16.0 Å². The van der Waals surface area contributed by atoms with Gasteiger partial charge in [0.15, 0.2) is 11.5 Å². The molecule has 0 aliphatic heterocycles. The molecule has 0 saturated carbocycles. The van der Waals surface area contributed by atoms with Gasteiger partial charge in [0, 0.05) is 0 Å². The van der Waals surface area contributed by atoms with Crippen LogP contribution in [0.15, 0.2) is 47.4 Å². The van der Waals surface area contributed by atoms with Crippen molar-refractivity contribution in [3.63, 3.8) is 0 Å². The Morgan fingerprint density at radius 1 is 1.15 bits per heavy atom. The molecule has 0 bridgehead atoms. The number of rotatable bonds is 8. The van der Waals surface area contributed by atoms with E-state index in [1.807, 2.05) is 0 Å². The van der Waals surface area contributed by atoms with Gasteiger partial charge in [-0.15, -0.1) is 0 Å². The molecule has 0 aromatic heterocycles. The van der Waals surface area contributed by atoms with Crippen LogP contribution in [0.3, 0.4) is 0 Å². The fourth-order valence-electron chi connectivity index (χ4n) is 2.39. The van der Waals surface area contributed by atoms with Crippen LogP contribution >= 0.6 is 0 Å². The fraction of sp³-hybridized carbons (Fsp3) is 0.235. The van der Waals surface area contributed by atoms with Crippen LogP contribution in [-0.4, -0.2) is 33.7 Å². The Balaban J connectivity index is 2.42. The second-order valence-corrected chi connectivity index (χ2v) is 7.00. The van der Waals surface area contributed by atoms with Gasteiger partial charge in [-0.05, 0) is 29.8 Å². The molecule has 0 spiro atoms. The third kappa shape index (κ3) is 4.50. The van der Waals surface area contributed by atoms with Crippen LogP contribution in [0.5, 0.6) is 11.5 Å². The van der Waals surface area contributed by atoms with Gasteiger partial charge in [-0.25, -0.2) is 17.5 Å². The lowest BCUT2D eigenvalue weighted by Gasteiger charge is -2.19. The number of sulfonamides is 1. The summed E-state index contributed by atoms with van der Waals surface area (Å²) < 4.78 is 51.3. The summed E-state index contributed by atoms with van der Waals surface area (Å²) in [6, 6.07) is 8.23. The van der Waals surface area contributed by atoms with Crippen molar-refractivity contribution in [2.24, 2.45) is 0 Å². The lowest BCUT2D eigenvalue weighted by atomic mass is 10.0. The number of benzene rings is 2. The molecular formula is C17H18FNO6S. The number of carbonyl (C=O) groups is 1. The first kappa shape index (κ1) is 19.7. The highest BCUT2D eigenvalue weighted by molar-refractivity contribution is 7.89. The minimum Gasteiger partial charge on any atom is -0.493 e. The summed E-state index contributed by atoms with van der Waals surface area (Å²) in [5.74, 6) is -1.44. The Morgan fingerprint density at radius 3 is 2.38 bits per heavy atom. The number of hydrogen-bond acceptors (Lipinski definition) is 5. The zero-order valence-corrected chi connectivity index (χ0v) is 14.9. The number of nitrogens with one attached hydrogen (secondary N) is 1. The van der Waals surface area contributed by atoms with Gasteiger partial charge < -0.3 is 14.6 Å². The number of halogens is 1. The third-order valence-corrected chi connectivity index (χ3v) is 5.12. The zero-order valence-electron chi connectivity index (χ0n) is 14.1. The summed E-state index contributed by atoms with van der Waals surface area (Å²) in [4.78, 5) is 10.6. The molecule has 9 heteroatoms. The van der Waals surface area contributed by atoms with Gasteiger partial charge in [-0.3, -0.25) is 4.79 Å². The predicted molar refractivity (Wildman–Crippen MR) is 91.3 cm³/mol. The van der Waals surface area contributed by atoms with E-state index in [0.717, 1.165) is 12.1 Å². The van der Waals surface area contributed by atoms with Crippen molar-refractivity contribution in [2.45, 2.75) is 17.4 Å². The van der Waals surface area contributed by atoms with Gasteiger partial charge in [0.05, 0.1) is 26.7 Å². The second kappa shape index (κ2) is 8.15. The van der Waals surface area contributed by atoms with Crippen LogP contribution in [0.2, 0.25) is 0 Å². The van der Waals surface area contributed by atoms with Gasteiger partial charge in [0.25, 0.3) is 0 Å². The molecule has 2 aromatic rings. The summed E-state index contributed by atoms with van der Waals surface area (Å²) in [5, 5.41) is 9.13. The molecule has 0 unspecified atom stereocenters. The highest BCUT2D eigenvalue weighted by Crippen LogP contribution is 2.31. The highest BCUT2D eigenvalue weighted by Gasteiger charge is 2.26. The number of carboxylic acids is 1. The molecular weight excluding hydrogens is 365 g/mol. The van der Waals surface area contributed by atoms with Gasteiger partial charge in [-0.1, -0.05) is 18.2 Å². The molecule has 0 fully saturated rings. The summed E-state index contributed by atoms with van der Waals surface area (Å²) in [5.41, 5.74) is 0.338. The topological polar surface area (TPSA) is 102 Å². The predicted octanol–water partition coefficient (Wildman–Crippen LogP) is 2.34. The summed E-state index contributed by atoms with van der Waals surface area (Å²) >= 11 is 0. The number of ether oxygens (including phenoxy) is 2. The smallest absolute Gasteiger partial charge is 0.305 e. The number of aliphatic carboxylic acids is 1. The summed E-state index contributed by atoms with van der Waals surface area (Å²) in [7, 11) is -1.44. The maximum absolute atomic E-state index is 13.8. The van der Waals surface area contributed by atoms with Gasteiger partial charge in [0.1, 0.15) is 10.7 Å². The van der Waals surface area contributed by atoms with E-state index < -0.39 is 39.2 Å². The molecule has 2 N–H and O–H groups in total. The Labute approximate surface area is 150 Å². The first-order valence-corrected chi connectivity index (χ1v) is 8.97. The van der Waals surface area contributed by atoms with Gasteiger partial charge in [0.2, 0.25) is 10.0 Å². The fourth-order valence-corrected chi connectivity index (χ4v) is 3.69. The van der Waals surface area contributed by atoms with E-state index in [-0.39, 0.29) is 0 Å². The zero-order chi connectivity index (χ0) is 19.3. The summed E-state index contributed by atoms with van der Waals surface area (Å²) in [6.07, 6.45) is -0.539. The molecule has 0 aliphatic carbocycles. The largest absolute Gasteiger partial charge is 0.493 e. The van der Waals surface area contributed by atoms with Crippen molar-refractivity contribution in [1.82, 2.24) is 4.72 Å². The third-order valence-electron chi connectivity index (χ3n) is 3.61. The minimum absolute atomic E-state index is 0.311. The van der Waals surface area contributed by atoms with E-state index >= 15 is 0 Å². The highest BCUT2D eigenvalue weighted by atomic mass is 32.2. The molecule has 0 heterocycles. The van der Waals surface area contributed by atoms with E-state index in [1.165, 1.54) is 44.6 Å². The van der Waals surface area contributed by atoms with E-state index in [4.69, 9.17) is 14.6 Å². The monoisotopic (exact) mass is 383 g/mol. The van der Waals surface area contributed by atoms with Gasteiger partial charge >= 0.3 is 5.97 Å². The molecule has 0 amide bonds. The second-order valence-electron chi connectivity index (χ2n) is 5.32. The van der Waals surface area contributed by atoms with Crippen LogP contribution in [0.25, 0.3) is 0 Å². The average molecular weight is 383 g/mol. The molecule has 2 aromatic carbocycles. The standard InChI is InChI=1S/C17H18FNO6S/c1-24-14-8-7-11(9-15(14)25-2)13(10-17(20)21)19-26(22,23)16-6-4-3-5-12(16)18/h3-9,13,19H,10H2,1-2H3,(H,20,21)/t13-/m1/s1. The van der Waals surface area contributed by atoms with Crippen molar-refractivity contribution < 1.29 is 32.2 Å². The first-order valence-electron chi connectivity index (χ1n) is 7.49. The van der Waals surface area contributed by atoms with Crippen molar-refractivity contribution in [2.75, 3.05) is 14.2 Å². The van der Waals surface area contributed by atoms with E-state index in [2.05, 4.69) is 4.72 Å². The molecule has 7 nitrogen and oxygen atoms in total. The quantitative estimate of drug-likeness (QED) is 0.725. The Morgan fingerprint density at radius 2 is 1.81 bits per heavy atom. The Bertz CT molecular complexity index is 900. The molecule has 2 rings (SSSR count). The normalized spacial score (nSPS) is 12.4. The van der Waals surface area contributed by atoms with E-state index in [9.17, 15) is 17.6 Å². The maximum atomic E-state index is 13.8. The molecule has 0 radical (unpaired) electrons. The summed E-state index contributed by atoms with van der Waals surface area (Å²) in [6.45, 7) is 0. The first-order chi connectivity index (χ1) is 12.3. The van der Waals surface area contributed by atoms with Crippen LogP contribution in [0.4, 0.5) is 4.39 Å². The molecule has 140 valence electrons. The van der Waals surface area contributed by atoms with Crippen LogP contribution < -0.4 is 14.2 Å². The Hall–Kier alpha value is -2.65. The van der Waals surface area contributed by atoms with Crippen LogP contribution in [-0.2, 0) is 14.8 Å². The van der Waals surface area contributed by atoms with Crippen LogP contribution in [0, 0.1) is 5.82 Å². The Kier molecular flexibility index (Phi) is 6.17. The minimum atomic E-state index is -4.28. The molecule has 26 heavy (non-hydrogen) atoms. The molecule has 0 aliphatic rings. The lowest BCUT2D eigenvalue weighted by molar-refractivity contribution is -0.137. The van der Waals surface area contributed by atoms with E-state index in [0.29, 0.717) is 17.1 Å². The van der Waals surface area contributed by atoms with Crippen LogP contribution in [0.1, 0.15) is 18.0 Å². The van der Waals surface area contributed by atoms with Crippen molar-refractivity contribution in [3.05, 3.63) is 53.8 Å². The maximum Gasteiger partial charge on any atom is 0.305 e. The molecule has 0 saturated heterocycles. The number of methoxy groups -OCH3 is 2. The number of carboxylic acid groups (broad SMARTS) is 1. The number of hydrogen-bond donors (Lipinski definition) is 2. The SMILES string of the molecule is COc1ccc([C@@H](CC(=O)O)NS(=O)(=O)c2ccccc2F)cc1OC. The molecule has 1 atom stereocenters. The van der Waals surface area contributed by atoms with Crippen molar-refractivity contribution in [3.8, 4) is 11.5 Å².